The van der Waals surface area contributed by atoms with E-state index < -0.39 is 0 Å². The Bertz CT molecular complexity index is 681. The largest absolute Gasteiger partial charge is 0.497 e. The van der Waals surface area contributed by atoms with E-state index in [0.717, 1.165) is 30.9 Å². The predicted octanol–water partition coefficient (Wildman–Crippen LogP) is 2.92. The summed E-state index contributed by atoms with van der Waals surface area (Å²) in [6, 6.07) is 7.53. The average molecular weight is 330 g/mol. The Labute approximate surface area is 141 Å². The molecular weight excluding hydrogens is 308 g/mol. The monoisotopic (exact) mass is 330 g/mol. The van der Waals surface area contributed by atoms with Gasteiger partial charge < -0.3 is 18.8 Å². The number of hydrogen-bond acceptors (Lipinski definition) is 5. The van der Waals surface area contributed by atoms with Crippen LogP contribution >= 0.6 is 0 Å². The standard InChI is InChI=1S/C18H22N2O4/c1-13-17(19-12-24-13)18(21)20-9-3-4-14(10-20)11-23-16-7-5-15(22-2)6-8-16/h5-8,12,14H,3-4,9-11H2,1-2H3/t14-/m1/s1. The second-order valence-electron chi connectivity index (χ2n) is 6.00. The molecule has 1 saturated heterocycles. The molecule has 0 bridgehead atoms. The molecule has 0 spiro atoms. The number of aromatic nitrogens is 1. The number of aryl methyl sites for hydroxylation is 1. The van der Waals surface area contributed by atoms with Crippen molar-refractivity contribution in [3.05, 3.63) is 42.1 Å². The summed E-state index contributed by atoms with van der Waals surface area (Å²) in [4.78, 5) is 18.4. The van der Waals surface area contributed by atoms with E-state index >= 15 is 0 Å². The zero-order valence-corrected chi connectivity index (χ0v) is 14.0. The SMILES string of the molecule is COc1ccc(OC[C@@H]2CCCN(C(=O)c3ncoc3C)C2)cc1. The number of benzene rings is 1. The topological polar surface area (TPSA) is 64.8 Å². The van der Waals surface area contributed by atoms with Gasteiger partial charge in [0.05, 0.1) is 13.7 Å². The van der Waals surface area contributed by atoms with Crippen molar-refractivity contribution in [2.24, 2.45) is 5.92 Å². The lowest BCUT2D eigenvalue weighted by Gasteiger charge is -2.32. The first-order valence-electron chi connectivity index (χ1n) is 8.13. The van der Waals surface area contributed by atoms with Crippen LogP contribution < -0.4 is 9.47 Å². The van der Waals surface area contributed by atoms with E-state index in [0.29, 0.717) is 30.5 Å². The van der Waals surface area contributed by atoms with Crippen LogP contribution in [-0.2, 0) is 0 Å². The number of oxazole rings is 1. The van der Waals surface area contributed by atoms with E-state index in [4.69, 9.17) is 13.9 Å². The second-order valence-corrected chi connectivity index (χ2v) is 6.00. The maximum atomic E-state index is 12.5. The number of methoxy groups -OCH3 is 1. The summed E-state index contributed by atoms with van der Waals surface area (Å²) < 4.78 is 16.1. The van der Waals surface area contributed by atoms with Crippen molar-refractivity contribution in [3.63, 3.8) is 0 Å². The molecule has 3 rings (SSSR count). The molecule has 1 aromatic carbocycles. The average Bonchev–Trinajstić information content (AvgIpc) is 3.06. The highest BCUT2D eigenvalue weighted by molar-refractivity contribution is 5.93. The predicted molar refractivity (Wildman–Crippen MR) is 88.4 cm³/mol. The van der Waals surface area contributed by atoms with E-state index in [2.05, 4.69) is 4.98 Å². The van der Waals surface area contributed by atoms with Gasteiger partial charge in [-0.15, -0.1) is 0 Å². The first kappa shape index (κ1) is 16.4. The lowest BCUT2D eigenvalue weighted by Crippen LogP contribution is -2.41. The van der Waals surface area contributed by atoms with Crippen molar-refractivity contribution in [3.8, 4) is 11.5 Å². The molecule has 1 atom stereocenters. The quantitative estimate of drug-likeness (QED) is 0.843. The van der Waals surface area contributed by atoms with E-state index in [-0.39, 0.29) is 5.91 Å². The van der Waals surface area contributed by atoms with Crippen LogP contribution in [0.4, 0.5) is 0 Å². The molecule has 0 saturated carbocycles. The van der Waals surface area contributed by atoms with Crippen molar-refractivity contribution < 1.29 is 18.7 Å². The Morgan fingerprint density at radius 1 is 1.33 bits per heavy atom. The molecule has 24 heavy (non-hydrogen) atoms. The zero-order valence-electron chi connectivity index (χ0n) is 14.0. The van der Waals surface area contributed by atoms with Gasteiger partial charge in [-0.25, -0.2) is 4.98 Å². The maximum Gasteiger partial charge on any atom is 0.276 e. The van der Waals surface area contributed by atoms with Crippen molar-refractivity contribution in [2.75, 3.05) is 26.8 Å². The Morgan fingerprint density at radius 3 is 2.75 bits per heavy atom. The van der Waals surface area contributed by atoms with Crippen molar-refractivity contribution in [1.82, 2.24) is 9.88 Å². The molecule has 1 fully saturated rings. The maximum absolute atomic E-state index is 12.5. The van der Waals surface area contributed by atoms with Gasteiger partial charge in [0.1, 0.15) is 17.3 Å². The van der Waals surface area contributed by atoms with E-state index in [1.54, 1.807) is 14.0 Å². The molecule has 0 unspecified atom stereocenters. The normalized spacial score (nSPS) is 17.6. The van der Waals surface area contributed by atoms with Crippen molar-refractivity contribution >= 4 is 5.91 Å². The van der Waals surface area contributed by atoms with Gasteiger partial charge in [0.2, 0.25) is 0 Å². The molecule has 0 radical (unpaired) electrons. The molecule has 0 aliphatic carbocycles. The van der Waals surface area contributed by atoms with E-state index in [1.807, 2.05) is 29.2 Å². The van der Waals surface area contributed by atoms with Gasteiger partial charge in [-0.1, -0.05) is 0 Å². The van der Waals surface area contributed by atoms with E-state index in [9.17, 15) is 4.79 Å². The van der Waals surface area contributed by atoms with Crippen LogP contribution in [0, 0.1) is 12.8 Å². The number of carbonyl (C=O) groups excluding carboxylic acids is 1. The number of amides is 1. The van der Waals surface area contributed by atoms with Gasteiger partial charge in [0.15, 0.2) is 12.1 Å². The summed E-state index contributed by atoms with van der Waals surface area (Å²) in [5.41, 5.74) is 0.409. The van der Waals surface area contributed by atoms with Gasteiger partial charge in [-0.05, 0) is 44.0 Å². The molecule has 1 aliphatic rings. The Morgan fingerprint density at radius 2 is 2.08 bits per heavy atom. The third-order valence-corrected chi connectivity index (χ3v) is 4.30. The number of nitrogens with zero attached hydrogens (tertiary/aromatic N) is 2. The summed E-state index contributed by atoms with van der Waals surface area (Å²) in [6.45, 7) is 3.79. The molecule has 2 aromatic rings. The Kier molecular flexibility index (Phi) is 5.03. The minimum absolute atomic E-state index is 0.0598. The Balaban J connectivity index is 1.55. The first-order chi connectivity index (χ1) is 11.7. The lowest BCUT2D eigenvalue weighted by atomic mass is 9.98. The molecule has 1 aromatic heterocycles. The van der Waals surface area contributed by atoms with Crippen LogP contribution in [0.3, 0.4) is 0 Å². The smallest absolute Gasteiger partial charge is 0.276 e. The Hall–Kier alpha value is -2.50. The second kappa shape index (κ2) is 7.38. The minimum atomic E-state index is -0.0598. The first-order valence-corrected chi connectivity index (χ1v) is 8.13. The van der Waals surface area contributed by atoms with E-state index in [1.165, 1.54) is 6.39 Å². The van der Waals surface area contributed by atoms with Crippen LogP contribution in [0.15, 0.2) is 35.1 Å². The third kappa shape index (κ3) is 3.69. The van der Waals surface area contributed by atoms with Crippen LogP contribution in [0.1, 0.15) is 29.1 Å². The lowest BCUT2D eigenvalue weighted by molar-refractivity contribution is 0.0626. The van der Waals surface area contributed by atoms with Gasteiger partial charge in [0, 0.05) is 19.0 Å². The summed E-state index contributed by atoms with van der Waals surface area (Å²) in [7, 11) is 1.64. The van der Waals surface area contributed by atoms with Crippen LogP contribution in [-0.4, -0.2) is 42.6 Å². The fourth-order valence-electron chi connectivity index (χ4n) is 2.93. The molecular formula is C18H22N2O4. The number of hydrogen-bond donors (Lipinski definition) is 0. The highest BCUT2D eigenvalue weighted by Crippen LogP contribution is 2.22. The summed E-state index contributed by atoms with van der Waals surface area (Å²) in [5, 5.41) is 0. The van der Waals surface area contributed by atoms with Gasteiger partial charge in [0.25, 0.3) is 5.91 Å². The summed E-state index contributed by atoms with van der Waals surface area (Å²) >= 11 is 0. The zero-order chi connectivity index (χ0) is 16.9. The molecule has 6 heteroatoms. The number of rotatable bonds is 5. The number of likely N-dealkylation sites (tertiary alicyclic amines) is 1. The highest BCUT2D eigenvalue weighted by Gasteiger charge is 2.27. The fourth-order valence-corrected chi connectivity index (χ4v) is 2.93. The van der Waals surface area contributed by atoms with Gasteiger partial charge in [-0.3, -0.25) is 4.79 Å². The van der Waals surface area contributed by atoms with Crippen LogP contribution in [0.2, 0.25) is 0 Å². The van der Waals surface area contributed by atoms with Crippen molar-refractivity contribution in [2.45, 2.75) is 19.8 Å². The third-order valence-electron chi connectivity index (χ3n) is 4.30. The van der Waals surface area contributed by atoms with Crippen molar-refractivity contribution in [1.29, 1.82) is 0 Å². The van der Waals surface area contributed by atoms with Gasteiger partial charge >= 0.3 is 0 Å². The number of carbonyl (C=O) groups is 1. The molecule has 0 N–H and O–H groups in total. The van der Waals surface area contributed by atoms with Crippen LogP contribution in [0.25, 0.3) is 0 Å². The fraction of sp³-hybridized carbons (Fsp3) is 0.444. The number of ether oxygens (including phenoxy) is 2. The molecule has 1 amide bonds. The van der Waals surface area contributed by atoms with Gasteiger partial charge in [-0.2, -0.15) is 0 Å². The number of piperidine rings is 1. The summed E-state index contributed by atoms with van der Waals surface area (Å²) in [6.07, 6.45) is 3.34. The minimum Gasteiger partial charge on any atom is -0.497 e. The summed E-state index contributed by atoms with van der Waals surface area (Å²) in [5.74, 6) is 2.44. The molecule has 2 heterocycles. The molecule has 6 nitrogen and oxygen atoms in total. The molecule has 128 valence electrons. The molecule has 1 aliphatic heterocycles. The highest BCUT2D eigenvalue weighted by atomic mass is 16.5. The van der Waals surface area contributed by atoms with Crippen LogP contribution in [0.5, 0.6) is 11.5 Å².